The Morgan fingerprint density at radius 3 is 2.83 bits per heavy atom. The number of rotatable bonds is 6. The number of carbonyl (C=O) groups is 1. The number of benzene rings is 1. The Morgan fingerprint density at radius 1 is 1.33 bits per heavy atom. The van der Waals surface area contributed by atoms with Gasteiger partial charge in [0.05, 0.1) is 31.5 Å². The normalized spacial score (nSPS) is 20.1. The summed E-state index contributed by atoms with van der Waals surface area (Å²) in [4.78, 5) is 14.3. The van der Waals surface area contributed by atoms with Crippen molar-refractivity contribution < 1.29 is 14.1 Å². The molecule has 1 aliphatic rings. The summed E-state index contributed by atoms with van der Waals surface area (Å²) >= 11 is 0. The molecule has 2 heterocycles. The van der Waals surface area contributed by atoms with Gasteiger partial charge >= 0.3 is 0 Å². The molecule has 2 aromatic rings. The molecule has 1 aromatic heterocycles. The quantitative estimate of drug-likeness (QED) is 0.875. The highest BCUT2D eigenvalue weighted by Crippen LogP contribution is 2.20. The molecule has 1 N–H and O–H groups in total. The van der Waals surface area contributed by atoms with Gasteiger partial charge in [-0.3, -0.25) is 4.79 Å². The lowest BCUT2D eigenvalue weighted by Gasteiger charge is -2.22. The first-order valence-corrected chi connectivity index (χ1v) is 8.17. The van der Waals surface area contributed by atoms with E-state index in [2.05, 4.69) is 10.5 Å². The molecule has 1 aliphatic heterocycles. The fraction of sp³-hybridized carbons (Fsp3) is 0.444. The van der Waals surface area contributed by atoms with Crippen LogP contribution in [0.25, 0.3) is 0 Å². The van der Waals surface area contributed by atoms with Gasteiger partial charge in [-0.1, -0.05) is 23.4 Å². The van der Waals surface area contributed by atoms with E-state index in [4.69, 9.17) is 9.26 Å². The lowest BCUT2D eigenvalue weighted by Crippen LogP contribution is -2.44. The van der Waals surface area contributed by atoms with E-state index in [0.717, 1.165) is 23.6 Å². The molecule has 6 heteroatoms. The Kier molecular flexibility index (Phi) is 5.15. The van der Waals surface area contributed by atoms with E-state index in [1.165, 1.54) is 0 Å². The highest BCUT2D eigenvalue weighted by atomic mass is 16.5. The second kappa shape index (κ2) is 7.49. The van der Waals surface area contributed by atoms with Gasteiger partial charge in [0.2, 0.25) is 5.91 Å². The molecule has 128 valence electrons. The molecule has 1 fully saturated rings. The van der Waals surface area contributed by atoms with Crippen LogP contribution in [0.3, 0.4) is 0 Å². The van der Waals surface area contributed by atoms with Gasteiger partial charge in [-0.05, 0) is 19.1 Å². The van der Waals surface area contributed by atoms with Crippen LogP contribution >= 0.6 is 0 Å². The van der Waals surface area contributed by atoms with E-state index in [0.29, 0.717) is 19.8 Å². The van der Waals surface area contributed by atoms with E-state index in [9.17, 15) is 4.79 Å². The summed E-state index contributed by atoms with van der Waals surface area (Å²) in [6.45, 7) is 3.38. The van der Waals surface area contributed by atoms with Crippen LogP contribution in [-0.2, 0) is 16.0 Å². The van der Waals surface area contributed by atoms with Crippen molar-refractivity contribution in [2.45, 2.75) is 19.4 Å². The van der Waals surface area contributed by atoms with Crippen LogP contribution in [-0.4, -0.2) is 43.9 Å². The molecular formula is C18H23N3O3. The number of nitrogens with one attached hydrogen (secondary N) is 1. The molecule has 24 heavy (non-hydrogen) atoms. The Bertz CT molecular complexity index is 671. The number of para-hydroxylation sites is 1. The van der Waals surface area contributed by atoms with Crippen molar-refractivity contribution in [2.24, 2.45) is 5.92 Å². The molecule has 1 amide bonds. The van der Waals surface area contributed by atoms with Gasteiger partial charge in [0, 0.05) is 31.1 Å². The number of carbonyl (C=O) groups excluding carboxylic acids is 1. The van der Waals surface area contributed by atoms with Crippen LogP contribution in [0, 0.1) is 12.8 Å². The van der Waals surface area contributed by atoms with Crippen LogP contribution in [0.1, 0.15) is 11.5 Å². The molecule has 1 saturated heterocycles. The van der Waals surface area contributed by atoms with Gasteiger partial charge in [-0.25, -0.2) is 0 Å². The number of likely N-dealkylation sites (N-methyl/N-ethyl adjacent to an activating group) is 1. The van der Waals surface area contributed by atoms with Crippen molar-refractivity contribution in [3.05, 3.63) is 47.9 Å². The lowest BCUT2D eigenvalue weighted by atomic mass is 9.98. The average Bonchev–Trinajstić information content (AvgIpc) is 3.18. The van der Waals surface area contributed by atoms with Gasteiger partial charge in [-0.15, -0.1) is 0 Å². The third-order valence-corrected chi connectivity index (χ3v) is 4.26. The molecule has 6 nitrogen and oxygen atoms in total. The summed E-state index contributed by atoms with van der Waals surface area (Å²) in [6.07, 6.45) is 0.723. The molecule has 3 rings (SSSR count). The largest absolute Gasteiger partial charge is 0.379 e. The molecule has 0 aliphatic carbocycles. The predicted octanol–water partition coefficient (Wildman–Crippen LogP) is 1.79. The van der Waals surface area contributed by atoms with E-state index in [-0.39, 0.29) is 17.9 Å². The zero-order chi connectivity index (χ0) is 16.9. The van der Waals surface area contributed by atoms with Gasteiger partial charge in [0.15, 0.2) is 0 Å². The van der Waals surface area contributed by atoms with Gasteiger partial charge < -0.3 is 19.5 Å². The summed E-state index contributed by atoms with van der Waals surface area (Å²) in [5.74, 6) is 1.04. The highest BCUT2D eigenvalue weighted by Gasteiger charge is 2.30. The molecule has 0 bridgehead atoms. The Labute approximate surface area is 141 Å². The SMILES string of the molecule is Cc1cc(CC2COCC2NC(=O)CN(C)c2ccccc2)on1. The number of ether oxygens (including phenoxy) is 1. The van der Waals surface area contributed by atoms with Gasteiger partial charge in [-0.2, -0.15) is 0 Å². The number of aromatic nitrogens is 1. The van der Waals surface area contributed by atoms with Crippen molar-refractivity contribution in [3.8, 4) is 0 Å². The number of hydrogen-bond acceptors (Lipinski definition) is 5. The van der Waals surface area contributed by atoms with Crippen LogP contribution in [0.15, 0.2) is 40.9 Å². The maximum absolute atomic E-state index is 12.3. The second-order valence-electron chi connectivity index (χ2n) is 6.30. The molecule has 0 spiro atoms. The maximum Gasteiger partial charge on any atom is 0.239 e. The van der Waals surface area contributed by atoms with Crippen LogP contribution < -0.4 is 10.2 Å². The minimum absolute atomic E-state index is 0.00407. The van der Waals surface area contributed by atoms with E-state index < -0.39 is 0 Å². The second-order valence-corrected chi connectivity index (χ2v) is 6.30. The molecular weight excluding hydrogens is 306 g/mol. The highest BCUT2D eigenvalue weighted by molar-refractivity contribution is 5.81. The van der Waals surface area contributed by atoms with Gasteiger partial charge in [0.25, 0.3) is 0 Å². The summed E-state index contributed by atoms with van der Waals surface area (Å²) < 4.78 is 10.8. The minimum Gasteiger partial charge on any atom is -0.379 e. The lowest BCUT2D eigenvalue weighted by molar-refractivity contribution is -0.120. The van der Waals surface area contributed by atoms with E-state index in [1.54, 1.807) is 0 Å². The number of amides is 1. The Balaban J connectivity index is 1.53. The zero-order valence-electron chi connectivity index (χ0n) is 14.1. The molecule has 0 radical (unpaired) electrons. The van der Waals surface area contributed by atoms with Crippen LogP contribution in [0.2, 0.25) is 0 Å². The van der Waals surface area contributed by atoms with Crippen LogP contribution in [0.5, 0.6) is 0 Å². The monoisotopic (exact) mass is 329 g/mol. The van der Waals surface area contributed by atoms with Gasteiger partial charge in [0.1, 0.15) is 5.76 Å². The van der Waals surface area contributed by atoms with Crippen molar-refractivity contribution in [3.63, 3.8) is 0 Å². The number of hydrogen-bond donors (Lipinski definition) is 1. The molecule has 2 unspecified atom stereocenters. The number of aryl methyl sites for hydroxylation is 1. The van der Waals surface area contributed by atoms with Crippen LogP contribution in [0.4, 0.5) is 5.69 Å². The fourth-order valence-electron chi connectivity index (χ4n) is 2.97. The molecule has 0 saturated carbocycles. The topological polar surface area (TPSA) is 67.6 Å². The summed E-state index contributed by atoms with van der Waals surface area (Å²) in [7, 11) is 1.91. The third kappa shape index (κ3) is 4.14. The van der Waals surface area contributed by atoms with Crippen molar-refractivity contribution in [1.82, 2.24) is 10.5 Å². The first kappa shape index (κ1) is 16.5. The fourth-order valence-corrected chi connectivity index (χ4v) is 2.97. The number of nitrogens with zero attached hydrogens (tertiary/aromatic N) is 2. The average molecular weight is 329 g/mol. The predicted molar refractivity (Wildman–Crippen MR) is 90.9 cm³/mol. The maximum atomic E-state index is 12.3. The van der Waals surface area contributed by atoms with Crippen molar-refractivity contribution in [2.75, 3.05) is 31.7 Å². The molecule has 1 aromatic carbocycles. The van der Waals surface area contributed by atoms with Crippen molar-refractivity contribution in [1.29, 1.82) is 0 Å². The van der Waals surface area contributed by atoms with E-state index in [1.807, 2.05) is 55.3 Å². The first-order chi connectivity index (χ1) is 11.6. The zero-order valence-corrected chi connectivity index (χ0v) is 14.1. The Hall–Kier alpha value is -2.34. The Morgan fingerprint density at radius 2 is 2.12 bits per heavy atom. The third-order valence-electron chi connectivity index (χ3n) is 4.26. The summed E-state index contributed by atoms with van der Waals surface area (Å²) in [5.41, 5.74) is 1.89. The standard InChI is InChI=1S/C18H23N3O3/c1-13-8-16(24-20-13)9-14-11-23-12-17(14)19-18(22)10-21(2)15-6-4-3-5-7-15/h3-8,14,17H,9-12H2,1-2H3,(H,19,22). The van der Waals surface area contributed by atoms with E-state index >= 15 is 0 Å². The summed E-state index contributed by atoms with van der Waals surface area (Å²) in [5, 5.41) is 7.00. The minimum atomic E-state index is -0.00407. The first-order valence-electron chi connectivity index (χ1n) is 8.17. The summed E-state index contributed by atoms with van der Waals surface area (Å²) in [6, 6.07) is 11.8. The molecule has 2 atom stereocenters. The van der Waals surface area contributed by atoms with Crippen molar-refractivity contribution >= 4 is 11.6 Å². The smallest absolute Gasteiger partial charge is 0.239 e. The number of anilines is 1.